The van der Waals surface area contributed by atoms with Gasteiger partial charge in [0.1, 0.15) is 0 Å². The van der Waals surface area contributed by atoms with E-state index in [4.69, 9.17) is 69.6 Å². The molecule has 3 fully saturated rings. The van der Waals surface area contributed by atoms with Gasteiger partial charge in [-0.1, -0.05) is 128 Å². The van der Waals surface area contributed by atoms with Gasteiger partial charge >= 0.3 is 0 Å². The minimum absolute atomic E-state index is 0.108. The van der Waals surface area contributed by atoms with Crippen molar-refractivity contribution in [1.82, 2.24) is 0 Å². The van der Waals surface area contributed by atoms with Crippen molar-refractivity contribution in [3.8, 4) is 0 Å². The van der Waals surface area contributed by atoms with Crippen LogP contribution in [0.2, 0.25) is 30.1 Å². The highest BCUT2D eigenvalue weighted by molar-refractivity contribution is 6.43. The molecule has 0 aromatic heterocycles. The summed E-state index contributed by atoms with van der Waals surface area (Å²) in [5.74, 6) is 0. The van der Waals surface area contributed by atoms with Gasteiger partial charge in [-0.25, -0.2) is 0 Å². The van der Waals surface area contributed by atoms with E-state index in [9.17, 15) is 10.2 Å². The molecule has 0 unspecified atom stereocenters. The van der Waals surface area contributed by atoms with E-state index < -0.39 is 11.2 Å². The molecule has 0 radical (unpaired) electrons. The van der Waals surface area contributed by atoms with Crippen molar-refractivity contribution in [2.45, 2.75) is 146 Å². The van der Waals surface area contributed by atoms with Gasteiger partial charge in [0.15, 0.2) is 0 Å². The lowest BCUT2D eigenvalue weighted by atomic mass is 9.67. The molecule has 0 aliphatic heterocycles. The van der Waals surface area contributed by atoms with E-state index in [0.29, 0.717) is 35.6 Å². The second-order valence-corrected chi connectivity index (χ2v) is 18.6. The van der Waals surface area contributed by atoms with E-state index in [1.54, 1.807) is 0 Å². The van der Waals surface area contributed by atoms with Gasteiger partial charge in [-0.3, -0.25) is 0 Å². The minimum atomic E-state index is -0.504. The zero-order valence-corrected chi connectivity index (χ0v) is 34.1. The van der Waals surface area contributed by atoms with E-state index in [2.05, 4.69) is 26.8 Å². The first-order valence-corrected chi connectivity index (χ1v) is 19.8. The van der Waals surface area contributed by atoms with Crippen molar-refractivity contribution in [2.75, 3.05) is 0 Å². The molecule has 3 saturated carbocycles. The Morgan fingerprint density at radius 3 is 0.898 bits per heavy atom. The fraction of sp³-hybridized carbons (Fsp3) is 0.561. The quantitative estimate of drug-likeness (QED) is 0.277. The first kappa shape index (κ1) is 41.1. The molecule has 49 heavy (non-hydrogen) atoms. The molecule has 3 aliphatic rings. The van der Waals surface area contributed by atoms with Crippen LogP contribution in [-0.4, -0.2) is 21.4 Å². The number of halogens is 6. The van der Waals surface area contributed by atoms with Gasteiger partial charge in [-0.2, -0.15) is 0 Å². The first-order valence-electron chi connectivity index (χ1n) is 17.6. The Hall–Kier alpha value is -0.680. The van der Waals surface area contributed by atoms with Gasteiger partial charge in [0.2, 0.25) is 0 Å². The van der Waals surface area contributed by atoms with Gasteiger partial charge in [-0.15, -0.1) is 0 Å². The molecular weight excluding hydrogens is 737 g/mol. The van der Waals surface area contributed by atoms with Crippen LogP contribution < -0.4 is 0 Å². The van der Waals surface area contributed by atoms with E-state index in [0.717, 1.165) is 51.4 Å². The van der Waals surface area contributed by atoms with Gasteiger partial charge in [-0.05, 0) is 147 Å². The molecule has 2 nitrogen and oxygen atoms in total. The van der Waals surface area contributed by atoms with Crippen molar-refractivity contribution in [1.29, 1.82) is 0 Å². The highest BCUT2D eigenvalue weighted by atomic mass is 35.5. The topological polar surface area (TPSA) is 40.5 Å². The summed E-state index contributed by atoms with van der Waals surface area (Å²) in [6, 6.07) is 17.8. The zero-order chi connectivity index (χ0) is 36.3. The lowest BCUT2D eigenvalue weighted by molar-refractivity contribution is 0.00268. The monoisotopic (exact) mass is 786 g/mol. The maximum absolute atomic E-state index is 10.0. The molecule has 0 heterocycles. The fourth-order valence-electron chi connectivity index (χ4n) is 7.49. The van der Waals surface area contributed by atoms with Crippen molar-refractivity contribution in [3.63, 3.8) is 0 Å². The summed E-state index contributed by atoms with van der Waals surface area (Å²) in [5.41, 5.74) is 3.31. The summed E-state index contributed by atoms with van der Waals surface area (Å²) in [7, 11) is 0. The molecule has 0 atom stereocenters. The fourth-order valence-corrected chi connectivity index (χ4v) is 8.39. The SMILES string of the molecule is CC1(O)CCC(C)(c2ccc(Cl)c(Cl)c2)CC1.CC1(O)CCC(C)(c2ccc(Cl)c(Cl)c2)CC1.CC1(c2ccc(Cl)c(Cl)c2)CCCCC1. The Morgan fingerprint density at radius 2 is 0.633 bits per heavy atom. The average Bonchev–Trinajstić information content (AvgIpc) is 3.05. The van der Waals surface area contributed by atoms with E-state index in [1.807, 2.05) is 62.4 Å². The Kier molecular flexibility index (Phi) is 13.9. The number of rotatable bonds is 3. The van der Waals surface area contributed by atoms with Crippen LogP contribution in [0.5, 0.6) is 0 Å². The molecule has 0 spiro atoms. The smallest absolute Gasteiger partial charge is 0.0620 e. The van der Waals surface area contributed by atoms with Crippen LogP contribution in [0.4, 0.5) is 0 Å². The number of benzene rings is 3. The lowest BCUT2D eigenvalue weighted by Crippen LogP contribution is -2.37. The second-order valence-electron chi connectivity index (χ2n) is 16.1. The van der Waals surface area contributed by atoms with E-state index in [-0.39, 0.29) is 10.8 Å². The number of hydrogen-bond donors (Lipinski definition) is 2. The largest absolute Gasteiger partial charge is 0.390 e. The van der Waals surface area contributed by atoms with E-state index >= 15 is 0 Å². The van der Waals surface area contributed by atoms with Crippen LogP contribution in [-0.2, 0) is 16.2 Å². The molecule has 0 saturated heterocycles. The summed E-state index contributed by atoms with van der Waals surface area (Å²) in [6.45, 7) is 10.7. The van der Waals surface area contributed by atoms with Crippen LogP contribution in [0.15, 0.2) is 54.6 Å². The predicted octanol–water partition coefficient (Wildman–Crippen LogP) is 14.4. The Morgan fingerprint density at radius 1 is 0.367 bits per heavy atom. The molecule has 0 amide bonds. The summed E-state index contributed by atoms with van der Waals surface area (Å²) in [5, 5.41) is 23.8. The van der Waals surface area contributed by atoms with Crippen LogP contribution >= 0.6 is 69.6 Å². The minimum Gasteiger partial charge on any atom is -0.390 e. The highest BCUT2D eigenvalue weighted by Crippen LogP contribution is 2.45. The normalized spacial score (nSPS) is 29.6. The van der Waals surface area contributed by atoms with Gasteiger partial charge in [0.25, 0.3) is 0 Å². The Bertz CT molecular complexity index is 1470. The van der Waals surface area contributed by atoms with Crippen molar-refractivity contribution < 1.29 is 10.2 Å². The standard InChI is InChI=1S/2C14H18Cl2O.C13H16Cl2/c2*1-13(5-7-14(2,17)8-6-13)10-3-4-11(15)12(16)9-10;1-13(7-3-2-4-8-13)10-5-6-11(14)12(15)9-10/h2*3-4,9,17H,5-8H2,1-2H3;5-6,9H,2-4,7-8H2,1H3. The molecule has 3 aromatic carbocycles. The van der Waals surface area contributed by atoms with Crippen molar-refractivity contribution >= 4 is 69.6 Å². The van der Waals surface area contributed by atoms with Crippen LogP contribution in [0.1, 0.15) is 135 Å². The average molecular weight is 790 g/mol. The lowest BCUT2D eigenvalue weighted by Gasteiger charge is -2.41. The third-order valence-corrected chi connectivity index (χ3v) is 13.9. The maximum Gasteiger partial charge on any atom is 0.0620 e. The molecule has 8 heteroatoms. The van der Waals surface area contributed by atoms with Crippen molar-refractivity contribution in [2.24, 2.45) is 0 Å². The second kappa shape index (κ2) is 16.6. The molecule has 0 bridgehead atoms. The number of hydrogen-bond acceptors (Lipinski definition) is 2. The predicted molar refractivity (Wildman–Crippen MR) is 213 cm³/mol. The molecule has 3 aromatic rings. The van der Waals surface area contributed by atoms with Gasteiger partial charge < -0.3 is 10.2 Å². The van der Waals surface area contributed by atoms with Gasteiger partial charge in [0, 0.05) is 0 Å². The number of aliphatic hydroxyl groups is 2. The zero-order valence-electron chi connectivity index (χ0n) is 29.6. The third-order valence-electron chi connectivity index (χ3n) is 11.7. The Balaban J connectivity index is 0.000000166. The molecule has 6 rings (SSSR count). The summed E-state index contributed by atoms with van der Waals surface area (Å²) >= 11 is 36.0. The molecular formula is C41H52Cl6O2. The van der Waals surface area contributed by atoms with Crippen LogP contribution in [0.3, 0.4) is 0 Å². The van der Waals surface area contributed by atoms with Crippen molar-refractivity contribution in [3.05, 3.63) is 101 Å². The summed E-state index contributed by atoms with van der Waals surface area (Å²) < 4.78 is 0. The Labute approximate surface area is 324 Å². The van der Waals surface area contributed by atoms with Crippen LogP contribution in [0, 0.1) is 0 Å². The summed E-state index contributed by atoms with van der Waals surface area (Å²) in [4.78, 5) is 0. The van der Waals surface area contributed by atoms with Gasteiger partial charge in [0.05, 0.1) is 41.3 Å². The molecule has 3 aliphatic carbocycles. The maximum atomic E-state index is 10.0. The molecule has 2 N–H and O–H groups in total. The highest BCUT2D eigenvalue weighted by Gasteiger charge is 2.38. The summed E-state index contributed by atoms with van der Waals surface area (Å²) in [6.07, 6.45) is 13.9. The molecule has 270 valence electrons. The first-order chi connectivity index (χ1) is 22.8. The van der Waals surface area contributed by atoms with Crippen LogP contribution in [0.25, 0.3) is 0 Å². The van der Waals surface area contributed by atoms with E-state index in [1.165, 1.54) is 48.8 Å². The third kappa shape index (κ3) is 10.9.